The van der Waals surface area contributed by atoms with Crippen molar-refractivity contribution in [2.24, 2.45) is 0 Å². The summed E-state index contributed by atoms with van der Waals surface area (Å²) in [6.45, 7) is 1.84. The third kappa shape index (κ3) is 3.18. The van der Waals surface area contributed by atoms with Gasteiger partial charge in [0.25, 0.3) is 5.91 Å². The minimum absolute atomic E-state index is 0.185. The zero-order valence-electron chi connectivity index (χ0n) is 10.9. The molecule has 1 aromatic carbocycles. The highest BCUT2D eigenvalue weighted by Crippen LogP contribution is 2.29. The fourth-order valence-corrected chi connectivity index (χ4v) is 1.95. The number of benzene rings is 1. The Morgan fingerprint density at radius 2 is 1.95 bits per heavy atom. The maximum absolute atomic E-state index is 12.1. The van der Waals surface area contributed by atoms with Crippen molar-refractivity contribution in [1.82, 2.24) is 9.97 Å². The Bertz CT molecular complexity index is 661. The molecule has 0 fully saturated rings. The van der Waals surface area contributed by atoms with Gasteiger partial charge in [0.15, 0.2) is 0 Å². The summed E-state index contributed by atoms with van der Waals surface area (Å²) in [5.41, 5.74) is 1.46. The first kappa shape index (κ1) is 14.6. The van der Waals surface area contributed by atoms with Crippen LogP contribution in [-0.4, -0.2) is 22.9 Å². The average molecular weight is 311 g/mol. The van der Waals surface area contributed by atoms with Crippen LogP contribution >= 0.6 is 23.2 Å². The lowest BCUT2D eigenvalue weighted by Gasteiger charge is -2.09. The first-order chi connectivity index (χ1) is 9.51. The minimum Gasteiger partial charge on any atom is -0.372 e. The van der Waals surface area contributed by atoms with Crippen molar-refractivity contribution >= 4 is 40.6 Å². The van der Waals surface area contributed by atoms with E-state index in [0.717, 1.165) is 5.56 Å². The minimum atomic E-state index is -0.406. The molecule has 0 aliphatic carbocycles. The summed E-state index contributed by atoms with van der Waals surface area (Å²) in [5, 5.41) is 6.42. The predicted octanol–water partition coefficient (Wildman–Crippen LogP) is 3.39. The molecule has 104 valence electrons. The number of carbonyl (C=O) groups is 1. The quantitative estimate of drug-likeness (QED) is 0.912. The number of rotatable bonds is 3. The Balaban J connectivity index is 2.25. The van der Waals surface area contributed by atoms with Gasteiger partial charge in [-0.3, -0.25) is 9.78 Å². The number of nitrogens with one attached hydrogen (secondary N) is 2. The maximum Gasteiger partial charge on any atom is 0.275 e. The summed E-state index contributed by atoms with van der Waals surface area (Å²) in [7, 11) is 1.70. The van der Waals surface area contributed by atoms with E-state index in [2.05, 4.69) is 20.6 Å². The van der Waals surface area contributed by atoms with Crippen molar-refractivity contribution in [3.8, 4) is 0 Å². The van der Waals surface area contributed by atoms with Crippen LogP contribution in [0, 0.1) is 6.92 Å². The lowest BCUT2D eigenvalue weighted by Crippen LogP contribution is -2.15. The van der Waals surface area contributed by atoms with Crippen LogP contribution in [0.25, 0.3) is 0 Å². The summed E-state index contributed by atoms with van der Waals surface area (Å²) in [6.07, 6.45) is 2.90. The van der Waals surface area contributed by atoms with Crippen LogP contribution < -0.4 is 10.6 Å². The molecule has 0 radical (unpaired) electrons. The van der Waals surface area contributed by atoms with Crippen LogP contribution in [0.4, 0.5) is 11.5 Å². The molecule has 1 amide bonds. The number of hydrogen-bond donors (Lipinski definition) is 2. The van der Waals surface area contributed by atoms with E-state index in [0.29, 0.717) is 21.6 Å². The monoisotopic (exact) mass is 310 g/mol. The van der Waals surface area contributed by atoms with Gasteiger partial charge >= 0.3 is 0 Å². The van der Waals surface area contributed by atoms with Gasteiger partial charge in [0.2, 0.25) is 0 Å². The normalized spacial score (nSPS) is 10.2. The van der Waals surface area contributed by atoms with Crippen molar-refractivity contribution in [2.75, 3.05) is 17.7 Å². The summed E-state index contributed by atoms with van der Waals surface area (Å²) in [4.78, 5) is 20.1. The van der Waals surface area contributed by atoms with Crippen LogP contribution in [0.1, 0.15) is 16.1 Å². The molecule has 0 spiro atoms. The molecule has 7 heteroatoms. The van der Waals surface area contributed by atoms with Crippen molar-refractivity contribution in [2.45, 2.75) is 6.92 Å². The number of nitrogens with zero attached hydrogens (tertiary/aromatic N) is 2. The van der Waals surface area contributed by atoms with Crippen LogP contribution in [-0.2, 0) is 0 Å². The number of aryl methyl sites for hydroxylation is 1. The molecular weight excluding hydrogens is 299 g/mol. The Morgan fingerprint density at radius 3 is 2.65 bits per heavy atom. The lowest BCUT2D eigenvalue weighted by molar-refractivity contribution is 0.102. The van der Waals surface area contributed by atoms with Crippen LogP contribution in [0.15, 0.2) is 24.5 Å². The largest absolute Gasteiger partial charge is 0.372 e. The van der Waals surface area contributed by atoms with Crippen LogP contribution in [0.3, 0.4) is 0 Å². The Hall–Kier alpha value is -1.85. The smallest absolute Gasteiger partial charge is 0.275 e. The molecule has 0 aliphatic heterocycles. The molecule has 0 saturated carbocycles. The summed E-state index contributed by atoms with van der Waals surface area (Å²) >= 11 is 12.1. The number of halogens is 2. The van der Waals surface area contributed by atoms with Gasteiger partial charge in [0.1, 0.15) is 11.5 Å². The first-order valence-electron chi connectivity index (χ1n) is 5.78. The van der Waals surface area contributed by atoms with Crippen LogP contribution in [0.5, 0.6) is 0 Å². The van der Waals surface area contributed by atoms with E-state index in [4.69, 9.17) is 23.2 Å². The number of aromatic nitrogens is 2. The van der Waals surface area contributed by atoms with Crippen molar-refractivity contribution < 1.29 is 4.79 Å². The van der Waals surface area contributed by atoms with E-state index in [1.165, 1.54) is 12.4 Å². The van der Waals surface area contributed by atoms with Gasteiger partial charge in [-0.15, -0.1) is 0 Å². The molecule has 0 atom stereocenters. The molecule has 1 heterocycles. The molecular formula is C13H12Cl2N4O. The second kappa shape index (κ2) is 6.07. The lowest BCUT2D eigenvalue weighted by atomic mass is 10.2. The van der Waals surface area contributed by atoms with E-state index in [1.54, 1.807) is 19.2 Å². The Labute approximate surface area is 126 Å². The third-order valence-corrected chi connectivity index (χ3v) is 3.34. The molecule has 20 heavy (non-hydrogen) atoms. The molecule has 1 aromatic heterocycles. The van der Waals surface area contributed by atoms with E-state index in [9.17, 15) is 4.79 Å². The maximum atomic E-state index is 12.1. The highest BCUT2D eigenvalue weighted by molar-refractivity contribution is 6.36. The average Bonchev–Trinajstić information content (AvgIpc) is 2.44. The molecule has 0 saturated heterocycles. The van der Waals surface area contributed by atoms with Gasteiger partial charge in [-0.2, -0.15) is 0 Å². The molecule has 2 aromatic rings. The van der Waals surface area contributed by atoms with E-state index >= 15 is 0 Å². The number of hydrogen-bond acceptors (Lipinski definition) is 4. The summed E-state index contributed by atoms with van der Waals surface area (Å²) in [6, 6.07) is 3.29. The third-order valence-electron chi connectivity index (χ3n) is 2.62. The second-order valence-electron chi connectivity index (χ2n) is 4.07. The highest BCUT2D eigenvalue weighted by Gasteiger charge is 2.12. The zero-order chi connectivity index (χ0) is 14.7. The van der Waals surface area contributed by atoms with E-state index < -0.39 is 5.91 Å². The summed E-state index contributed by atoms with van der Waals surface area (Å²) in [5.74, 6) is 0.0992. The SMILES string of the molecule is CNc1cncc(C(=O)Nc2cc(Cl)c(C)cc2Cl)n1. The Morgan fingerprint density at radius 1 is 1.20 bits per heavy atom. The second-order valence-corrected chi connectivity index (χ2v) is 4.89. The van der Waals surface area contributed by atoms with Crippen molar-refractivity contribution in [3.63, 3.8) is 0 Å². The standard InChI is InChI=1S/C13H12Cl2N4O/c1-7-3-9(15)10(4-8(7)14)19-13(20)11-5-17-6-12(16-2)18-11/h3-6H,1-2H3,(H,16,18)(H,19,20). The first-order valence-corrected chi connectivity index (χ1v) is 6.53. The van der Waals surface area contributed by atoms with E-state index in [1.807, 2.05) is 6.92 Å². The molecule has 0 bridgehead atoms. The fraction of sp³-hybridized carbons (Fsp3) is 0.154. The van der Waals surface area contributed by atoms with Gasteiger partial charge < -0.3 is 10.6 Å². The molecule has 2 N–H and O–H groups in total. The molecule has 2 rings (SSSR count). The van der Waals surface area contributed by atoms with Crippen molar-refractivity contribution in [3.05, 3.63) is 45.8 Å². The molecule has 5 nitrogen and oxygen atoms in total. The Kier molecular flexibility index (Phi) is 4.42. The highest BCUT2D eigenvalue weighted by atomic mass is 35.5. The number of anilines is 2. The van der Waals surface area contributed by atoms with E-state index in [-0.39, 0.29) is 5.69 Å². The summed E-state index contributed by atoms with van der Waals surface area (Å²) < 4.78 is 0. The van der Waals surface area contributed by atoms with Crippen LogP contribution in [0.2, 0.25) is 10.0 Å². The predicted molar refractivity (Wildman–Crippen MR) is 80.7 cm³/mol. The topological polar surface area (TPSA) is 66.9 Å². The van der Waals surface area contributed by atoms with Crippen molar-refractivity contribution in [1.29, 1.82) is 0 Å². The molecule has 0 aliphatic rings. The molecule has 0 unspecified atom stereocenters. The van der Waals surface area contributed by atoms with Gasteiger partial charge in [-0.1, -0.05) is 23.2 Å². The van der Waals surface area contributed by atoms with Gasteiger partial charge in [-0.05, 0) is 24.6 Å². The van der Waals surface area contributed by atoms with Gasteiger partial charge in [0.05, 0.1) is 23.1 Å². The fourth-order valence-electron chi connectivity index (χ4n) is 1.52. The zero-order valence-corrected chi connectivity index (χ0v) is 12.4. The van der Waals surface area contributed by atoms with Gasteiger partial charge in [-0.25, -0.2) is 4.98 Å². The van der Waals surface area contributed by atoms with Gasteiger partial charge in [0, 0.05) is 12.1 Å². The number of carbonyl (C=O) groups excluding carboxylic acids is 1. The number of amides is 1.